The summed E-state index contributed by atoms with van der Waals surface area (Å²) in [6.07, 6.45) is 3.72. The molecule has 1 atom stereocenters. The van der Waals surface area contributed by atoms with Crippen molar-refractivity contribution in [1.82, 2.24) is 0 Å². The Morgan fingerprint density at radius 3 is 2.54 bits per heavy atom. The summed E-state index contributed by atoms with van der Waals surface area (Å²) in [5.41, 5.74) is 3.16. The van der Waals surface area contributed by atoms with E-state index in [1.807, 2.05) is 24.3 Å². The van der Waals surface area contributed by atoms with E-state index in [2.05, 4.69) is 4.90 Å². The minimum absolute atomic E-state index is 0.0973. The van der Waals surface area contributed by atoms with Gasteiger partial charge in [-0.2, -0.15) is 0 Å². The van der Waals surface area contributed by atoms with Gasteiger partial charge in [0.25, 0.3) is 0 Å². The number of hydrogen-bond acceptors (Lipinski definition) is 5. The van der Waals surface area contributed by atoms with Crippen LogP contribution in [0.4, 0.5) is 10.1 Å². The lowest BCUT2D eigenvalue weighted by Crippen LogP contribution is -2.26. The van der Waals surface area contributed by atoms with E-state index in [0.29, 0.717) is 17.8 Å². The molecule has 0 aliphatic carbocycles. The highest BCUT2D eigenvalue weighted by atomic mass is 19.1. The highest BCUT2D eigenvalue weighted by molar-refractivity contribution is 6.40. The average Bonchev–Trinajstić information content (AvgIpc) is 3.04. The topological polar surface area (TPSA) is 62.2 Å². The number of ether oxygens (including phenoxy) is 2. The van der Waals surface area contributed by atoms with Crippen LogP contribution in [-0.2, 0) is 6.42 Å². The number of anilines is 1. The molecule has 0 fully saturated rings. The van der Waals surface area contributed by atoms with Crippen LogP contribution < -0.4 is 14.4 Å². The molecule has 5 nitrogen and oxygen atoms in total. The van der Waals surface area contributed by atoms with Gasteiger partial charge in [0, 0.05) is 12.2 Å². The molecule has 7 heteroatoms. The molecule has 1 heterocycles. The largest absolute Gasteiger partial charge is 0.493 e. The van der Waals surface area contributed by atoms with Gasteiger partial charge in [0.05, 0.1) is 20.3 Å². The van der Waals surface area contributed by atoms with E-state index in [0.717, 1.165) is 49.0 Å². The predicted octanol–water partition coefficient (Wildman–Crippen LogP) is 3.59. The zero-order valence-electron chi connectivity index (χ0n) is 16.4. The van der Waals surface area contributed by atoms with Crippen molar-refractivity contribution in [3.05, 3.63) is 53.3 Å². The minimum Gasteiger partial charge on any atom is -0.493 e. The minimum atomic E-state index is -1.24. The Bertz CT molecular complexity index is 802. The van der Waals surface area contributed by atoms with Crippen LogP contribution in [0, 0.1) is 5.82 Å². The lowest BCUT2D eigenvalue weighted by atomic mass is 9.83. The monoisotopic (exact) mass is 387 g/mol. The Labute approximate surface area is 165 Å². The third-order valence-electron chi connectivity index (χ3n) is 5.29. The molecule has 2 aromatic rings. The Morgan fingerprint density at radius 2 is 1.82 bits per heavy atom. The maximum absolute atomic E-state index is 13.8. The van der Waals surface area contributed by atoms with Crippen molar-refractivity contribution >= 4 is 12.8 Å². The molecule has 1 aliphatic heterocycles. The van der Waals surface area contributed by atoms with Gasteiger partial charge in [-0.1, -0.05) is 18.9 Å². The van der Waals surface area contributed by atoms with Gasteiger partial charge >= 0.3 is 7.12 Å². The van der Waals surface area contributed by atoms with Gasteiger partial charge in [0.1, 0.15) is 5.82 Å². The molecule has 0 amide bonds. The Kier molecular flexibility index (Phi) is 6.81. The first-order chi connectivity index (χ1) is 13.5. The summed E-state index contributed by atoms with van der Waals surface area (Å²) in [4.78, 5) is 2.31. The normalized spacial score (nSPS) is 15.5. The van der Waals surface area contributed by atoms with Gasteiger partial charge in [-0.05, 0) is 60.6 Å². The molecule has 0 saturated heterocycles. The number of halogens is 1. The van der Waals surface area contributed by atoms with Crippen molar-refractivity contribution in [2.75, 3.05) is 25.7 Å². The second-order valence-corrected chi connectivity index (χ2v) is 7.13. The summed E-state index contributed by atoms with van der Waals surface area (Å²) < 4.78 is 24.6. The van der Waals surface area contributed by atoms with Crippen LogP contribution in [0.2, 0.25) is 6.32 Å². The fourth-order valence-corrected chi connectivity index (χ4v) is 3.90. The van der Waals surface area contributed by atoms with Gasteiger partial charge in [-0.3, -0.25) is 0 Å². The predicted molar refractivity (Wildman–Crippen MR) is 109 cm³/mol. The zero-order valence-corrected chi connectivity index (χ0v) is 16.4. The van der Waals surface area contributed by atoms with Crippen molar-refractivity contribution in [1.29, 1.82) is 0 Å². The SMILES string of the molecule is COc1ccc(C2Cc3cc(F)ccc3N2CCCCCB(O)O)cc1OC. The summed E-state index contributed by atoms with van der Waals surface area (Å²) in [7, 11) is 1.99. The standard InChI is InChI=1S/C21H27BFNO4/c1-27-20-9-6-15(14-21(20)28-2)19-13-16-12-17(23)7-8-18(16)24(19)11-5-3-4-10-22(25)26/h6-9,12,14,19,25-26H,3-5,10-11,13H2,1-2H3. The van der Waals surface area contributed by atoms with Gasteiger partial charge in [-0.15, -0.1) is 0 Å². The van der Waals surface area contributed by atoms with E-state index < -0.39 is 7.12 Å². The fraction of sp³-hybridized carbons (Fsp3) is 0.429. The number of fused-ring (bicyclic) bond motifs is 1. The van der Waals surface area contributed by atoms with E-state index in [9.17, 15) is 4.39 Å². The van der Waals surface area contributed by atoms with Crippen molar-refractivity contribution < 1.29 is 23.9 Å². The van der Waals surface area contributed by atoms with Crippen LogP contribution in [0.1, 0.15) is 36.4 Å². The van der Waals surface area contributed by atoms with Gasteiger partial charge < -0.3 is 24.4 Å². The molecule has 0 aromatic heterocycles. The zero-order chi connectivity index (χ0) is 20.1. The number of nitrogens with zero attached hydrogens (tertiary/aromatic N) is 1. The second kappa shape index (κ2) is 9.30. The smallest absolute Gasteiger partial charge is 0.451 e. The summed E-state index contributed by atoms with van der Waals surface area (Å²) in [6, 6.07) is 11.0. The first-order valence-electron chi connectivity index (χ1n) is 9.66. The molecule has 2 aromatic carbocycles. The Morgan fingerprint density at radius 1 is 1.04 bits per heavy atom. The molecule has 0 bridgehead atoms. The molecular weight excluding hydrogens is 360 g/mol. The third kappa shape index (κ3) is 4.59. The van der Waals surface area contributed by atoms with Crippen molar-refractivity contribution in [2.45, 2.75) is 38.0 Å². The average molecular weight is 387 g/mol. The molecule has 1 unspecified atom stereocenters. The lowest BCUT2D eigenvalue weighted by Gasteiger charge is -2.28. The van der Waals surface area contributed by atoms with E-state index in [1.54, 1.807) is 20.3 Å². The first kappa shape index (κ1) is 20.5. The Hall–Kier alpha value is -2.25. The lowest BCUT2D eigenvalue weighted by molar-refractivity contribution is 0.354. The maximum atomic E-state index is 13.8. The molecule has 0 saturated carbocycles. The molecule has 0 spiro atoms. The first-order valence-corrected chi connectivity index (χ1v) is 9.66. The molecule has 2 N–H and O–H groups in total. The van der Waals surface area contributed by atoms with E-state index in [4.69, 9.17) is 19.5 Å². The van der Waals surface area contributed by atoms with Crippen LogP contribution >= 0.6 is 0 Å². The van der Waals surface area contributed by atoms with Crippen LogP contribution in [-0.4, -0.2) is 37.9 Å². The van der Waals surface area contributed by atoms with Crippen molar-refractivity contribution in [3.8, 4) is 11.5 Å². The molecule has 28 heavy (non-hydrogen) atoms. The quantitative estimate of drug-likeness (QED) is 0.509. The van der Waals surface area contributed by atoms with E-state index >= 15 is 0 Å². The highest BCUT2D eigenvalue weighted by Gasteiger charge is 2.31. The summed E-state index contributed by atoms with van der Waals surface area (Å²) in [5.74, 6) is 1.14. The highest BCUT2D eigenvalue weighted by Crippen LogP contribution is 2.42. The maximum Gasteiger partial charge on any atom is 0.451 e. The molecular formula is C21H27BFNO4. The van der Waals surface area contributed by atoms with Crippen LogP contribution in [0.15, 0.2) is 36.4 Å². The van der Waals surface area contributed by atoms with E-state index in [1.165, 1.54) is 6.07 Å². The Balaban J connectivity index is 1.80. The number of unbranched alkanes of at least 4 members (excludes halogenated alkanes) is 2. The summed E-state index contributed by atoms with van der Waals surface area (Å²) in [6.45, 7) is 0.819. The fourth-order valence-electron chi connectivity index (χ4n) is 3.90. The molecule has 150 valence electrons. The van der Waals surface area contributed by atoms with Crippen LogP contribution in [0.5, 0.6) is 11.5 Å². The summed E-state index contributed by atoms with van der Waals surface area (Å²) in [5, 5.41) is 18.0. The van der Waals surface area contributed by atoms with E-state index in [-0.39, 0.29) is 11.9 Å². The van der Waals surface area contributed by atoms with Crippen molar-refractivity contribution in [2.24, 2.45) is 0 Å². The third-order valence-corrected chi connectivity index (χ3v) is 5.29. The van der Waals surface area contributed by atoms with Crippen molar-refractivity contribution in [3.63, 3.8) is 0 Å². The van der Waals surface area contributed by atoms with Gasteiger partial charge in [-0.25, -0.2) is 4.39 Å². The second-order valence-electron chi connectivity index (χ2n) is 7.13. The molecule has 0 radical (unpaired) electrons. The number of benzene rings is 2. The molecule has 3 rings (SSSR count). The molecule has 1 aliphatic rings. The summed E-state index contributed by atoms with van der Waals surface area (Å²) >= 11 is 0. The van der Waals surface area contributed by atoms with Crippen LogP contribution in [0.3, 0.4) is 0 Å². The van der Waals surface area contributed by atoms with Gasteiger partial charge in [0.2, 0.25) is 0 Å². The van der Waals surface area contributed by atoms with Gasteiger partial charge in [0.15, 0.2) is 11.5 Å². The number of methoxy groups -OCH3 is 2. The number of rotatable bonds is 9. The number of hydrogen-bond donors (Lipinski definition) is 2. The van der Waals surface area contributed by atoms with Crippen LogP contribution in [0.25, 0.3) is 0 Å².